The number of anilines is 1. The van der Waals surface area contributed by atoms with Gasteiger partial charge in [-0.15, -0.1) is 0 Å². The van der Waals surface area contributed by atoms with Crippen LogP contribution in [0.2, 0.25) is 0 Å². The molecule has 0 aliphatic heterocycles. The molecule has 0 fully saturated rings. The van der Waals surface area contributed by atoms with Gasteiger partial charge in [0.25, 0.3) is 0 Å². The molecule has 1 aromatic heterocycles. The van der Waals surface area contributed by atoms with Gasteiger partial charge in [0, 0.05) is 11.1 Å². The molecular weight excluding hydrogens is 196 g/mol. The normalized spacial score (nSPS) is 9.19. The molecule has 0 amide bonds. The molecule has 0 radical (unpaired) electrons. The largest absolute Gasteiger partial charge is 0.358 e. The molecule has 84 valence electrons. The average molecular weight is 214 g/mol. The average Bonchev–Trinajstić information content (AvgIpc) is 2.31. The molecule has 1 N–H and O–H groups in total. The topological polar surface area (TPSA) is 24.9 Å². The molecule has 2 heteroatoms. The highest BCUT2D eigenvalue weighted by Crippen LogP contribution is 2.16. The minimum atomic E-state index is 0.919. The second-order valence-electron chi connectivity index (χ2n) is 3.32. The van der Waals surface area contributed by atoms with Crippen LogP contribution in [-0.2, 0) is 0 Å². The summed E-state index contributed by atoms with van der Waals surface area (Å²) < 4.78 is 0. The zero-order valence-electron chi connectivity index (χ0n) is 10.1. The van der Waals surface area contributed by atoms with Crippen molar-refractivity contribution >= 4 is 16.6 Å². The molecule has 0 aliphatic carbocycles. The Balaban J connectivity index is 0.000000606. The van der Waals surface area contributed by atoms with Crippen molar-refractivity contribution in [3.05, 3.63) is 48.8 Å². The molecule has 16 heavy (non-hydrogen) atoms. The monoisotopic (exact) mass is 214 g/mol. The van der Waals surface area contributed by atoms with Gasteiger partial charge >= 0.3 is 0 Å². The van der Waals surface area contributed by atoms with Crippen LogP contribution in [0.25, 0.3) is 10.9 Å². The third-order valence-corrected chi connectivity index (χ3v) is 1.95. The Morgan fingerprint density at radius 2 is 1.94 bits per heavy atom. The van der Waals surface area contributed by atoms with E-state index in [9.17, 15) is 0 Å². The Kier molecular flexibility index (Phi) is 4.52. The number of aromatic nitrogens is 1. The minimum Gasteiger partial charge on any atom is -0.358 e. The number of allylic oxidation sites excluding steroid dienone is 1. The lowest BCUT2D eigenvalue weighted by molar-refractivity contribution is 1.35. The number of nitrogens with one attached hydrogen (secondary N) is 1. The van der Waals surface area contributed by atoms with E-state index in [0.29, 0.717) is 0 Å². The Hall–Kier alpha value is -1.83. The van der Waals surface area contributed by atoms with E-state index >= 15 is 0 Å². The lowest BCUT2D eigenvalue weighted by Crippen LogP contribution is -1.94. The van der Waals surface area contributed by atoms with Crippen LogP contribution in [0.3, 0.4) is 0 Å². The van der Waals surface area contributed by atoms with Crippen molar-refractivity contribution in [2.75, 3.05) is 5.32 Å². The smallest absolute Gasteiger partial charge is 0.0703 e. The van der Waals surface area contributed by atoms with E-state index < -0.39 is 0 Å². The van der Waals surface area contributed by atoms with Gasteiger partial charge in [0.1, 0.15) is 0 Å². The molecule has 2 nitrogen and oxygen atoms in total. The number of hydrogen-bond acceptors (Lipinski definition) is 2. The third kappa shape index (κ3) is 3.09. The van der Waals surface area contributed by atoms with Crippen molar-refractivity contribution in [1.29, 1.82) is 0 Å². The highest BCUT2D eigenvalue weighted by Gasteiger charge is 1.95. The van der Waals surface area contributed by atoms with Crippen LogP contribution >= 0.6 is 0 Å². The second-order valence-corrected chi connectivity index (χ2v) is 3.32. The summed E-state index contributed by atoms with van der Waals surface area (Å²) >= 11 is 0. The predicted molar refractivity (Wildman–Crippen MR) is 71.5 cm³/mol. The van der Waals surface area contributed by atoms with Crippen molar-refractivity contribution in [3.63, 3.8) is 0 Å². The van der Waals surface area contributed by atoms with Crippen LogP contribution in [0.15, 0.2) is 48.8 Å². The van der Waals surface area contributed by atoms with E-state index in [4.69, 9.17) is 0 Å². The van der Waals surface area contributed by atoms with Crippen molar-refractivity contribution in [2.45, 2.75) is 20.8 Å². The molecule has 0 saturated carbocycles. The van der Waals surface area contributed by atoms with Gasteiger partial charge in [-0.05, 0) is 19.1 Å². The molecule has 1 heterocycles. The van der Waals surface area contributed by atoms with Crippen LogP contribution in [0.5, 0.6) is 0 Å². The van der Waals surface area contributed by atoms with E-state index in [2.05, 4.69) is 22.9 Å². The van der Waals surface area contributed by atoms with Crippen LogP contribution in [0.4, 0.5) is 5.69 Å². The summed E-state index contributed by atoms with van der Waals surface area (Å²) in [5, 5.41) is 4.28. The van der Waals surface area contributed by atoms with Crippen LogP contribution < -0.4 is 5.32 Å². The molecule has 2 rings (SSSR count). The molecule has 0 aliphatic rings. The summed E-state index contributed by atoms with van der Waals surface area (Å²) in [5.74, 6) is 0. The first-order valence-corrected chi connectivity index (χ1v) is 5.53. The van der Waals surface area contributed by atoms with Crippen LogP contribution in [0, 0.1) is 0 Å². The lowest BCUT2D eigenvalue weighted by Gasteiger charge is -2.05. The molecule has 0 atom stereocenters. The fourth-order valence-corrected chi connectivity index (χ4v) is 1.39. The maximum Gasteiger partial charge on any atom is 0.0703 e. The number of benzene rings is 1. The fraction of sp³-hybridized carbons (Fsp3) is 0.214. The SMILES string of the molecule is C=C(C)Nc1cnc2ccccc2c1.CC. The van der Waals surface area contributed by atoms with E-state index in [1.54, 1.807) is 0 Å². The van der Waals surface area contributed by atoms with Gasteiger partial charge in [0.15, 0.2) is 0 Å². The molecule has 0 unspecified atom stereocenters. The van der Waals surface area contributed by atoms with Gasteiger partial charge in [-0.1, -0.05) is 38.6 Å². The first-order valence-electron chi connectivity index (χ1n) is 5.53. The number of hydrogen-bond donors (Lipinski definition) is 1. The first kappa shape index (κ1) is 12.2. The first-order chi connectivity index (χ1) is 7.75. The summed E-state index contributed by atoms with van der Waals surface area (Å²) in [6.07, 6.45) is 1.82. The zero-order chi connectivity index (χ0) is 12.0. The maximum atomic E-state index is 4.33. The number of nitrogens with zero attached hydrogens (tertiary/aromatic N) is 1. The summed E-state index contributed by atoms with van der Waals surface area (Å²) in [6.45, 7) is 9.72. The molecular formula is C14H18N2. The Labute approximate surface area is 97.0 Å². The summed E-state index contributed by atoms with van der Waals surface area (Å²) in [5.41, 5.74) is 2.91. The Morgan fingerprint density at radius 3 is 2.62 bits per heavy atom. The van der Waals surface area contributed by atoms with Gasteiger partial charge in [0.2, 0.25) is 0 Å². The van der Waals surface area contributed by atoms with Crippen LogP contribution in [-0.4, -0.2) is 4.98 Å². The minimum absolute atomic E-state index is 0.919. The standard InChI is InChI=1S/C12H12N2.C2H6/c1-9(2)14-11-7-10-5-3-4-6-12(10)13-8-11;1-2/h3-8,14H,1H2,2H3;1-2H3. The highest BCUT2D eigenvalue weighted by molar-refractivity contribution is 5.81. The number of fused-ring (bicyclic) bond motifs is 1. The second kappa shape index (κ2) is 5.91. The molecule has 0 bridgehead atoms. The van der Waals surface area contributed by atoms with Crippen molar-refractivity contribution < 1.29 is 0 Å². The van der Waals surface area contributed by atoms with Crippen LogP contribution in [0.1, 0.15) is 20.8 Å². The number of pyridine rings is 1. The quantitative estimate of drug-likeness (QED) is 0.810. The van der Waals surface area contributed by atoms with Gasteiger partial charge in [0.05, 0.1) is 17.4 Å². The van der Waals surface area contributed by atoms with Gasteiger partial charge in [-0.3, -0.25) is 4.98 Å². The lowest BCUT2D eigenvalue weighted by atomic mass is 10.2. The summed E-state index contributed by atoms with van der Waals surface area (Å²) in [7, 11) is 0. The van der Waals surface area contributed by atoms with E-state index in [1.807, 2.05) is 51.2 Å². The number of para-hydroxylation sites is 1. The predicted octanol–water partition coefficient (Wildman–Crippen LogP) is 4.21. The fourth-order valence-electron chi connectivity index (χ4n) is 1.39. The van der Waals surface area contributed by atoms with Crippen molar-refractivity contribution in [1.82, 2.24) is 4.98 Å². The summed E-state index contributed by atoms with van der Waals surface area (Å²) in [4.78, 5) is 4.33. The third-order valence-electron chi connectivity index (χ3n) is 1.95. The van der Waals surface area contributed by atoms with Gasteiger partial charge in [-0.2, -0.15) is 0 Å². The van der Waals surface area contributed by atoms with Gasteiger partial charge < -0.3 is 5.32 Å². The Morgan fingerprint density at radius 1 is 1.25 bits per heavy atom. The van der Waals surface area contributed by atoms with E-state index in [1.165, 1.54) is 0 Å². The van der Waals surface area contributed by atoms with Gasteiger partial charge in [-0.25, -0.2) is 0 Å². The zero-order valence-corrected chi connectivity index (χ0v) is 10.1. The van der Waals surface area contributed by atoms with Crippen molar-refractivity contribution in [3.8, 4) is 0 Å². The van der Waals surface area contributed by atoms with E-state index in [-0.39, 0.29) is 0 Å². The molecule has 0 spiro atoms. The molecule has 0 saturated heterocycles. The summed E-state index contributed by atoms with van der Waals surface area (Å²) in [6, 6.07) is 10.1. The molecule has 2 aromatic rings. The molecule has 1 aromatic carbocycles. The highest BCUT2D eigenvalue weighted by atomic mass is 14.9. The number of rotatable bonds is 2. The van der Waals surface area contributed by atoms with E-state index in [0.717, 1.165) is 22.3 Å². The Bertz CT molecular complexity index is 475. The maximum absolute atomic E-state index is 4.33. The van der Waals surface area contributed by atoms with Crippen molar-refractivity contribution in [2.24, 2.45) is 0 Å².